The first kappa shape index (κ1) is 14.5. The molecule has 1 aliphatic heterocycles. The van der Waals surface area contributed by atoms with Crippen LogP contribution in [0.15, 0.2) is 18.2 Å². The van der Waals surface area contributed by atoms with Gasteiger partial charge in [0.15, 0.2) is 0 Å². The lowest BCUT2D eigenvalue weighted by Crippen LogP contribution is -2.54. The molecule has 0 spiro atoms. The summed E-state index contributed by atoms with van der Waals surface area (Å²) >= 11 is 0. The number of nitrogens with one attached hydrogen (secondary N) is 1. The molecule has 0 aliphatic carbocycles. The molecule has 19 heavy (non-hydrogen) atoms. The third-order valence-corrected chi connectivity index (χ3v) is 4.37. The van der Waals surface area contributed by atoms with Crippen LogP contribution in [0.3, 0.4) is 0 Å². The summed E-state index contributed by atoms with van der Waals surface area (Å²) in [4.78, 5) is 2.63. The Balaban J connectivity index is 2.01. The lowest BCUT2D eigenvalue weighted by Gasteiger charge is -2.39. The molecule has 1 N–H and O–H groups in total. The molecule has 1 aromatic rings. The van der Waals surface area contributed by atoms with Gasteiger partial charge in [0, 0.05) is 31.7 Å². The molecule has 1 aromatic carbocycles. The summed E-state index contributed by atoms with van der Waals surface area (Å²) in [6.07, 6.45) is 2.56. The number of hydrogen-bond donors (Lipinski definition) is 1. The van der Waals surface area contributed by atoms with Crippen molar-refractivity contribution in [1.29, 1.82) is 0 Å². The summed E-state index contributed by atoms with van der Waals surface area (Å²) in [7, 11) is 0. The summed E-state index contributed by atoms with van der Waals surface area (Å²) < 4.78 is 0. The topological polar surface area (TPSA) is 15.3 Å². The zero-order valence-corrected chi connectivity index (χ0v) is 12.9. The second kappa shape index (κ2) is 6.53. The summed E-state index contributed by atoms with van der Waals surface area (Å²) in [5.41, 5.74) is 4.25. The zero-order chi connectivity index (χ0) is 13.8. The van der Waals surface area contributed by atoms with Gasteiger partial charge in [0.2, 0.25) is 0 Å². The maximum absolute atomic E-state index is 3.66. The average molecular weight is 260 g/mol. The molecule has 1 saturated heterocycles. The number of nitrogens with zero attached hydrogens (tertiary/aromatic N) is 1. The van der Waals surface area contributed by atoms with E-state index in [1.807, 2.05) is 0 Å². The normalized spacial score (nSPS) is 24.6. The van der Waals surface area contributed by atoms with Crippen LogP contribution in [0.4, 0.5) is 0 Å². The summed E-state index contributed by atoms with van der Waals surface area (Å²) in [5, 5.41) is 3.66. The van der Waals surface area contributed by atoms with Crippen LogP contribution in [-0.4, -0.2) is 30.1 Å². The van der Waals surface area contributed by atoms with Gasteiger partial charge in [0.1, 0.15) is 0 Å². The molecule has 2 heteroatoms. The highest BCUT2D eigenvalue weighted by Crippen LogP contribution is 2.16. The van der Waals surface area contributed by atoms with Gasteiger partial charge in [-0.3, -0.25) is 4.90 Å². The molecule has 0 amide bonds. The van der Waals surface area contributed by atoms with E-state index < -0.39 is 0 Å². The zero-order valence-electron chi connectivity index (χ0n) is 12.9. The number of aryl methyl sites for hydroxylation is 2. The van der Waals surface area contributed by atoms with Crippen molar-refractivity contribution in [2.24, 2.45) is 0 Å². The Morgan fingerprint density at radius 3 is 2.74 bits per heavy atom. The second-order valence-corrected chi connectivity index (χ2v) is 6.09. The standard InChI is InChI=1S/C17H28N2/c1-5-6-17-12-19(15(4)10-18-17)11-16-8-7-13(2)14(3)9-16/h7-9,15,17-18H,5-6,10-12H2,1-4H3. The summed E-state index contributed by atoms with van der Waals surface area (Å²) in [6, 6.07) is 8.19. The summed E-state index contributed by atoms with van der Waals surface area (Å²) in [5.74, 6) is 0. The van der Waals surface area contributed by atoms with Gasteiger partial charge in [-0.05, 0) is 43.9 Å². The van der Waals surface area contributed by atoms with Gasteiger partial charge in [-0.25, -0.2) is 0 Å². The minimum atomic E-state index is 0.634. The summed E-state index contributed by atoms with van der Waals surface area (Å²) in [6.45, 7) is 12.4. The molecule has 0 saturated carbocycles. The maximum Gasteiger partial charge on any atom is 0.0237 e. The van der Waals surface area contributed by atoms with E-state index in [0.29, 0.717) is 12.1 Å². The van der Waals surface area contributed by atoms with Crippen LogP contribution >= 0.6 is 0 Å². The van der Waals surface area contributed by atoms with Crippen molar-refractivity contribution >= 4 is 0 Å². The van der Waals surface area contributed by atoms with E-state index in [2.05, 4.69) is 56.1 Å². The lowest BCUT2D eigenvalue weighted by molar-refractivity contribution is 0.129. The molecule has 2 rings (SSSR count). The molecule has 1 fully saturated rings. The molecular weight excluding hydrogens is 232 g/mol. The largest absolute Gasteiger partial charge is 0.311 e. The minimum absolute atomic E-state index is 0.634. The fourth-order valence-electron chi connectivity index (χ4n) is 2.89. The molecule has 106 valence electrons. The second-order valence-electron chi connectivity index (χ2n) is 6.09. The highest BCUT2D eigenvalue weighted by molar-refractivity contribution is 5.29. The molecular formula is C17H28N2. The van der Waals surface area contributed by atoms with Gasteiger partial charge in [-0.1, -0.05) is 31.5 Å². The van der Waals surface area contributed by atoms with Gasteiger partial charge in [-0.2, -0.15) is 0 Å². The van der Waals surface area contributed by atoms with Crippen LogP contribution in [0.5, 0.6) is 0 Å². The average Bonchev–Trinajstić information content (AvgIpc) is 2.38. The van der Waals surface area contributed by atoms with Gasteiger partial charge < -0.3 is 5.32 Å². The Hall–Kier alpha value is -0.860. The van der Waals surface area contributed by atoms with Crippen LogP contribution in [0.1, 0.15) is 43.4 Å². The van der Waals surface area contributed by atoms with Gasteiger partial charge in [0.05, 0.1) is 0 Å². The molecule has 2 unspecified atom stereocenters. The van der Waals surface area contributed by atoms with Crippen LogP contribution in [0, 0.1) is 13.8 Å². The van der Waals surface area contributed by atoms with Crippen LogP contribution in [-0.2, 0) is 6.54 Å². The van der Waals surface area contributed by atoms with Crippen molar-refractivity contribution in [3.8, 4) is 0 Å². The number of hydrogen-bond acceptors (Lipinski definition) is 2. The predicted molar refractivity (Wildman–Crippen MR) is 82.5 cm³/mol. The molecule has 1 aliphatic rings. The molecule has 2 nitrogen and oxygen atoms in total. The van der Waals surface area contributed by atoms with Gasteiger partial charge in [0.25, 0.3) is 0 Å². The molecule has 2 atom stereocenters. The lowest BCUT2D eigenvalue weighted by atomic mass is 10.0. The first-order valence-corrected chi connectivity index (χ1v) is 7.63. The van der Waals surface area contributed by atoms with Crippen molar-refractivity contribution in [2.45, 2.75) is 59.2 Å². The van der Waals surface area contributed by atoms with Crippen molar-refractivity contribution in [3.05, 3.63) is 34.9 Å². The molecule has 0 radical (unpaired) electrons. The highest BCUT2D eigenvalue weighted by Gasteiger charge is 2.24. The number of benzene rings is 1. The molecule has 0 bridgehead atoms. The SMILES string of the molecule is CCCC1CN(Cc2ccc(C)c(C)c2)C(C)CN1. The first-order chi connectivity index (χ1) is 9.10. The Kier molecular flexibility index (Phi) is 5.00. The fraction of sp³-hybridized carbons (Fsp3) is 0.647. The quantitative estimate of drug-likeness (QED) is 0.894. The van der Waals surface area contributed by atoms with Gasteiger partial charge >= 0.3 is 0 Å². The van der Waals surface area contributed by atoms with Gasteiger partial charge in [-0.15, -0.1) is 0 Å². The van der Waals surface area contributed by atoms with E-state index in [1.165, 1.54) is 36.1 Å². The third-order valence-electron chi connectivity index (χ3n) is 4.37. The van der Waals surface area contributed by atoms with E-state index in [4.69, 9.17) is 0 Å². The van der Waals surface area contributed by atoms with Crippen molar-refractivity contribution in [3.63, 3.8) is 0 Å². The smallest absolute Gasteiger partial charge is 0.0237 e. The van der Waals surface area contributed by atoms with E-state index in [-0.39, 0.29) is 0 Å². The molecule has 0 aromatic heterocycles. The van der Waals surface area contributed by atoms with Crippen LogP contribution < -0.4 is 5.32 Å². The number of rotatable bonds is 4. The third kappa shape index (κ3) is 3.80. The highest BCUT2D eigenvalue weighted by atomic mass is 15.2. The van der Waals surface area contributed by atoms with Crippen LogP contribution in [0.25, 0.3) is 0 Å². The Bertz CT molecular complexity index is 414. The van der Waals surface area contributed by atoms with Crippen molar-refractivity contribution in [2.75, 3.05) is 13.1 Å². The van der Waals surface area contributed by atoms with E-state index in [0.717, 1.165) is 13.1 Å². The Morgan fingerprint density at radius 2 is 2.05 bits per heavy atom. The van der Waals surface area contributed by atoms with Crippen molar-refractivity contribution < 1.29 is 0 Å². The van der Waals surface area contributed by atoms with E-state index in [1.54, 1.807) is 0 Å². The van der Waals surface area contributed by atoms with E-state index >= 15 is 0 Å². The monoisotopic (exact) mass is 260 g/mol. The Labute approximate surface area is 118 Å². The fourth-order valence-corrected chi connectivity index (χ4v) is 2.89. The predicted octanol–water partition coefficient (Wildman–Crippen LogP) is 3.27. The van der Waals surface area contributed by atoms with E-state index in [9.17, 15) is 0 Å². The minimum Gasteiger partial charge on any atom is -0.311 e. The number of piperazine rings is 1. The Morgan fingerprint density at radius 1 is 1.26 bits per heavy atom. The van der Waals surface area contributed by atoms with Crippen LogP contribution in [0.2, 0.25) is 0 Å². The molecule has 1 heterocycles. The van der Waals surface area contributed by atoms with Crippen molar-refractivity contribution in [1.82, 2.24) is 10.2 Å². The first-order valence-electron chi connectivity index (χ1n) is 7.63. The maximum atomic E-state index is 3.66.